The van der Waals surface area contributed by atoms with Gasteiger partial charge in [0, 0.05) is 23.7 Å². The minimum atomic E-state index is -0.547. The minimum Gasteiger partial charge on any atom is -0.374 e. The summed E-state index contributed by atoms with van der Waals surface area (Å²) in [5.74, 6) is -0.547. The number of benzene rings is 2. The fraction of sp³-hybridized carbons (Fsp3) is 0.429. The van der Waals surface area contributed by atoms with E-state index in [-0.39, 0.29) is 17.8 Å². The number of fused-ring (bicyclic) bond motifs is 1. The van der Waals surface area contributed by atoms with Crippen molar-refractivity contribution in [2.75, 3.05) is 6.61 Å². The van der Waals surface area contributed by atoms with E-state index in [1.165, 1.54) is 5.56 Å². The van der Waals surface area contributed by atoms with Crippen molar-refractivity contribution < 1.29 is 9.53 Å². The SMILES string of the molecule is CCCC(C)(C)OCC(C=O)c1c(-c2ccc(CC)cc2)c2cc(C)ccc2c(=O)n1C. The Kier molecular flexibility index (Phi) is 7.35. The van der Waals surface area contributed by atoms with Crippen molar-refractivity contribution in [3.05, 3.63) is 69.6 Å². The molecule has 0 radical (unpaired) electrons. The van der Waals surface area contributed by atoms with Gasteiger partial charge in [0.05, 0.1) is 18.1 Å². The standard InChI is InChI=1S/C28H35NO3/c1-7-15-28(4,5)32-18-22(17-30)26-25(21-12-10-20(8-2)11-13-21)24-16-19(3)9-14-23(24)27(31)29(26)6/h9-14,16-17,22H,7-8,15,18H2,1-6H3. The molecule has 1 atom stereocenters. The van der Waals surface area contributed by atoms with Gasteiger partial charge in [-0.15, -0.1) is 0 Å². The largest absolute Gasteiger partial charge is 0.374 e. The normalized spacial score (nSPS) is 12.8. The first kappa shape index (κ1) is 23.9. The third kappa shape index (κ3) is 4.86. The Morgan fingerprint density at radius 2 is 1.75 bits per heavy atom. The number of nitrogens with zero attached hydrogens (tertiary/aromatic N) is 1. The van der Waals surface area contributed by atoms with E-state index in [2.05, 4.69) is 38.1 Å². The van der Waals surface area contributed by atoms with Crippen LogP contribution in [0.2, 0.25) is 0 Å². The Bertz CT molecular complexity index is 1160. The highest BCUT2D eigenvalue weighted by Crippen LogP contribution is 2.35. The predicted molar refractivity (Wildman–Crippen MR) is 132 cm³/mol. The topological polar surface area (TPSA) is 48.3 Å². The zero-order valence-electron chi connectivity index (χ0n) is 20.2. The van der Waals surface area contributed by atoms with Crippen LogP contribution < -0.4 is 5.56 Å². The summed E-state index contributed by atoms with van der Waals surface area (Å²) in [6.07, 6.45) is 3.78. The predicted octanol–water partition coefficient (Wildman–Crippen LogP) is 5.95. The van der Waals surface area contributed by atoms with E-state index in [1.807, 2.05) is 39.0 Å². The molecule has 0 N–H and O–H groups in total. The summed E-state index contributed by atoms with van der Waals surface area (Å²) in [6.45, 7) is 10.6. The molecule has 0 amide bonds. The van der Waals surface area contributed by atoms with E-state index in [0.717, 1.165) is 47.6 Å². The highest BCUT2D eigenvalue weighted by atomic mass is 16.5. The number of hydrogen-bond acceptors (Lipinski definition) is 3. The Hall–Kier alpha value is -2.72. The maximum Gasteiger partial charge on any atom is 0.258 e. The summed E-state index contributed by atoms with van der Waals surface area (Å²) in [5.41, 5.74) is 4.54. The van der Waals surface area contributed by atoms with Crippen LogP contribution in [-0.2, 0) is 23.0 Å². The average molecular weight is 434 g/mol. The second-order valence-electron chi connectivity index (χ2n) is 9.29. The molecule has 32 heavy (non-hydrogen) atoms. The van der Waals surface area contributed by atoms with Gasteiger partial charge in [0.15, 0.2) is 0 Å². The Morgan fingerprint density at radius 1 is 1.06 bits per heavy atom. The van der Waals surface area contributed by atoms with Crippen molar-refractivity contribution in [1.82, 2.24) is 4.57 Å². The van der Waals surface area contributed by atoms with Crippen LogP contribution in [0.5, 0.6) is 0 Å². The molecule has 3 rings (SSSR count). The van der Waals surface area contributed by atoms with Crippen molar-refractivity contribution in [3.63, 3.8) is 0 Å². The number of aldehydes is 1. The van der Waals surface area contributed by atoms with Crippen LogP contribution in [0.3, 0.4) is 0 Å². The van der Waals surface area contributed by atoms with E-state index in [9.17, 15) is 9.59 Å². The van der Waals surface area contributed by atoms with E-state index < -0.39 is 5.92 Å². The highest BCUT2D eigenvalue weighted by molar-refractivity contribution is 5.98. The summed E-state index contributed by atoms with van der Waals surface area (Å²) in [4.78, 5) is 25.6. The van der Waals surface area contributed by atoms with Gasteiger partial charge in [-0.1, -0.05) is 62.2 Å². The number of ether oxygens (including phenoxy) is 1. The molecule has 2 aromatic carbocycles. The molecule has 0 bridgehead atoms. The number of carbonyl (C=O) groups excluding carboxylic acids is 1. The Balaban J connectivity index is 2.26. The van der Waals surface area contributed by atoms with Gasteiger partial charge in [0.1, 0.15) is 6.29 Å². The fourth-order valence-electron chi connectivity index (χ4n) is 4.46. The molecular formula is C28H35NO3. The summed E-state index contributed by atoms with van der Waals surface area (Å²) >= 11 is 0. The van der Waals surface area contributed by atoms with Gasteiger partial charge in [-0.3, -0.25) is 4.79 Å². The smallest absolute Gasteiger partial charge is 0.258 e. The van der Waals surface area contributed by atoms with Crippen molar-refractivity contribution in [3.8, 4) is 11.1 Å². The maximum absolute atomic E-state index is 13.3. The molecule has 0 saturated carbocycles. The molecule has 0 spiro atoms. The second kappa shape index (κ2) is 9.83. The summed E-state index contributed by atoms with van der Waals surface area (Å²) < 4.78 is 7.82. The number of carbonyl (C=O) groups is 1. The van der Waals surface area contributed by atoms with E-state index in [1.54, 1.807) is 11.6 Å². The fourth-order valence-corrected chi connectivity index (χ4v) is 4.46. The van der Waals surface area contributed by atoms with Crippen LogP contribution in [0, 0.1) is 6.92 Å². The summed E-state index contributed by atoms with van der Waals surface area (Å²) in [5, 5.41) is 1.54. The van der Waals surface area contributed by atoms with Gasteiger partial charge in [-0.25, -0.2) is 0 Å². The molecule has 1 heterocycles. The van der Waals surface area contributed by atoms with Gasteiger partial charge >= 0.3 is 0 Å². The molecule has 0 aliphatic heterocycles. The lowest BCUT2D eigenvalue weighted by atomic mass is 9.90. The Morgan fingerprint density at radius 3 is 2.34 bits per heavy atom. The first-order chi connectivity index (χ1) is 15.2. The number of aryl methyl sites for hydroxylation is 2. The van der Waals surface area contributed by atoms with E-state index >= 15 is 0 Å². The van der Waals surface area contributed by atoms with E-state index in [4.69, 9.17) is 4.74 Å². The van der Waals surface area contributed by atoms with Crippen LogP contribution in [0.4, 0.5) is 0 Å². The van der Waals surface area contributed by atoms with Crippen molar-refractivity contribution in [2.24, 2.45) is 7.05 Å². The molecule has 170 valence electrons. The number of hydrogen-bond donors (Lipinski definition) is 0. The molecule has 0 aliphatic rings. The molecule has 1 unspecified atom stereocenters. The molecule has 0 fully saturated rings. The van der Waals surface area contributed by atoms with Gasteiger partial charge in [-0.2, -0.15) is 0 Å². The number of pyridine rings is 1. The summed E-state index contributed by atoms with van der Waals surface area (Å²) in [6, 6.07) is 14.3. The Labute approximate surface area is 191 Å². The lowest BCUT2D eigenvalue weighted by Crippen LogP contribution is -2.30. The first-order valence-electron chi connectivity index (χ1n) is 11.5. The molecule has 0 aliphatic carbocycles. The van der Waals surface area contributed by atoms with Crippen molar-refractivity contribution in [1.29, 1.82) is 0 Å². The number of aromatic nitrogens is 1. The molecule has 4 heteroatoms. The monoisotopic (exact) mass is 433 g/mol. The zero-order valence-corrected chi connectivity index (χ0v) is 20.2. The van der Waals surface area contributed by atoms with Gasteiger partial charge < -0.3 is 14.1 Å². The van der Waals surface area contributed by atoms with Crippen LogP contribution in [0.25, 0.3) is 21.9 Å². The quantitative estimate of drug-likeness (QED) is 0.392. The first-order valence-corrected chi connectivity index (χ1v) is 11.5. The number of rotatable bonds is 9. The van der Waals surface area contributed by atoms with E-state index in [0.29, 0.717) is 11.1 Å². The lowest BCUT2D eigenvalue weighted by Gasteiger charge is -2.28. The minimum absolute atomic E-state index is 0.0939. The zero-order chi connectivity index (χ0) is 23.5. The van der Waals surface area contributed by atoms with Crippen LogP contribution >= 0.6 is 0 Å². The highest BCUT2D eigenvalue weighted by Gasteiger charge is 2.26. The average Bonchev–Trinajstić information content (AvgIpc) is 2.77. The lowest BCUT2D eigenvalue weighted by molar-refractivity contribution is -0.112. The second-order valence-corrected chi connectivity index (χ2v) is 9.29. The van der Waals surface area contributed by atoms with Gasteiger partial charge in [0.25, 0.3) is 5.56 Å². The van der Waals surface area contributed by atoms with Gasteiger partial charge in [0.2, 0.25) is 0 Å². The van der Waals surface area contributed by atoms with Crippen LogP contribution in [0.15, 0.2) is 47.3 Å². The molecule has 0 saturated heterocycles. The van der Waals surface area contributed by atoms with Crippen molar-refractivity contribution >= 4 is 17.1 Å². The maximum atomic E-state index is 13.3. The van der Waals surface area contributed by atoms with Gasteiger partial charge in [-0.05, 0) is 56.2 Å². The molecule has 3 aromatic rings. The van der Waals surface area contributed by atoms with Crippen LogP contribution in [0.1, 0.15) is 63.3 Å². The van der Waals surface area contributed by atoms with Crippen molar-refractivity contribution in [2.45, 2.75) is 65.4 Å². The molecular weight excluding hydrogens is 398 g/mol. The molecule has 4 nitrogen and oxygen atoms in total. The molecule has 1 aromatic heterocycles. The summed E-state index contributed by atoms with van der Waals surface area (Å²) in [7, 11) is 1.76. The van der Waals surface area contributed by atoms with Crippen LogP contribution in [-0.4, -0.2) is 23.1 Å². The third-order valence-electron chi connectivity index (χ3n) is 6.27. The third-order valence-corrected chi connectivity index (χ3v) is 6.27.